The summed E-state index contributed by atoms with van der Waals surface area (Å²) in [5.74, 6) is -0.499. The molecule has 1 rings (SSSR count). The number of nitrogens with zero attached hydrogens (tertiary/aromatic N) is 1. The van der Waals surface area contributed by atoms with E-state index in [-0.39, 0.29) is 19.2 Å². The van der Waals surface area contributed by atoms with Crippen molar-refractivity contribution in [2.75, 3.05) is 18.5 Å². The summed E-state index contributed by atoms with van der Waals surface area (Å²) < 4.78 is 9.52. The molecule has 0 unspecified atom stereocenters. The third-order valence-corrected chi connectivity index (χ3v) is 1.54. The molecule has 0 aliphatic heterocycles. The fourth-order valence-electron chi connectivity index (χ4n) is 0.917. The zero-order valence-electron chi connectivity index (χ0n) is 9.07. The number of nitrogens with one attached hydrogen (secondary N) is 2. The van der Waals surface area contributed by atoms with Gasteiger partial charge in [-0.15, -0.1) is 0 Å². The molecular formula is C9H13N3O4. The first kappa shape index (κ1) is 12.0. The molecule has 0 aliphatic carbocycles. The molecule has 0 aromatic carbocycles. The van der Waals surface area contributed by atoms with Crippen LogP contribution in [0.5, 0.6) is 0 Å². The maximum absolute atomic E-state index is 11.2. The largest absolute Gasteiger partial charge is 0.465 e. The van der Waals surface area contributed by atoms with E-state index in [0.29, 0.717) is 5.69 Å². The van der Waals surface area contributed by atoms with Crippen molar-refractivity contribution in [3.05, 3.63) is 12.0 Å². The number of rotatable bonds is 4. The predicted octanol–water partition coefficient (Wildman–Crippen LogP) is 0.668. The Bertz CT molecular complexity index is 375. The van der Waals surface area contributed by atoms with Gasteiger partial charge in [-0.2, -0.15) is 4.98 Å². The molecule has 1 heterocycles. The van der Waals surface area contributed by atoms with Crippen LogP contribution >= 0.6 is 0 Å². The molecular weight excluding hydrogens is 214 g/mol. The summed E-state index contributed by atoms with van der Waals surface area (Å²) in [6.45, 7) is 3.50. The predicted molar refractivity (Wildman–Crippen MR) is 54.9 cm³/mol. The summed E-state index contributed by atoms with van der Waals surface area (Å²) in [7, 11) is 0. The van der Waals surface area contributed by atoms with Gasteiger partial charge in [0.05, 0.1) is 12.3 Å². The summed E-state index contributed by atoms with van der Waals surface area (Å²) >= 11 is 0. The maximum Gasteiger partial charge on any atom is 0.325 e. The van der Waals surface area contributed by atoms with Crippen molar-refractivity contribution in [1.82, 2.24) is 10.3 Å². The van der Waals surface area contributed by atoms with Gasteiger partial charge >= 0.3 is 18.0 Å². The fourth-order valence-corrected chi connectivity index (χ4v) is 0.917. The SMILES string of the molecule is CCOC(=O)CNC(=O)Nc1nc(C)co1. The molecule has 0 bridgehead atoms. The molecule has 0 saturated carbocycles. The number of oxazole rings is 1. The van der Waals surface area contributed by atoms with Gasteiger partial charge < -0.3 is 14.5 Å². The molecule has 0 fully saturated rings. The minimum Gasteiger partial charge on any atom is -0.465 e. The Kier molecular flexibility index (Phi) is 4.31. The fraction of sp³-hybridized carbons (Fsp3) is 0.444. The van der Waals surface area contributed by atoms with Crippen LogP contribution in [0.2, 0.25) is 0 Å². The van der Waals surface area contributed by atoms with Gasteiger partial charge in [-0.1, -0.05) is 0 Å². The quantitative estimate of drug-likeness (QED) is 0.737. The van der Waals surface area contributed by atoms with Crippen LogP contribution < -0.4 is 10.6 Å². The van der Waals surface area contributed by atoms with Crippen molar-refractivity contribution in [3.8, 4) is 0 Å². The van der Waals surface area contributed by atoms with Gasteiger partial charge in [-0.25, -0.2) is 4.79 Å². The Labute approximate surface area is 92.2 Å². The first-order chi connectivity index (χ1) is 7.61. The van der Waals surface area contributed by atoms with Crippen molar-refractivity contribution in [2.24, 2.45) is 0 Å². The van der Waals surface area contributed by atoms with E-state index in [1.165, 1.54) is 6.26 Å². The lowest BCUT2D eigenvalue weighted by atomic mass is 10.6. The van der Waals surface area contributed by atoms with E-state index in [1.54, 1.807) is 13.8 Å². The van der Waals surface area contributed by atoms with Crippen LogP contribution in [0.3, 0.4) is 0 Å². The number of hydrogen-bond donors (Lipinski definition) is 2. The van der Waals surface area contributed by atoms with Crippen molar-refractivity contribution in [1.29, 1.82) is 0 Å². The lowest BCUT2D eigenvalue weighted by Gasteiger charge is -2.04. The van der Waals surface area contributed by atoms with Gasteiger partial charge in [0.25, 0.3) is 0 Å². The lowest BCUT2D eigenvalue weighted by molar-refractivity contribution is -0.141. The average molecular weight is 227 g/mol. The monoisotopic (exact) mass is 227 g/mol. The number of esters is 1. The number of urea groups is 1. The van der Waals surface area contributed by atoms with E-state index in [9.17, 15) is 9.59 Å². The second-order valence-corrected chi connectivity index (χ2v) is 2.91. The minimum absolute atomic E-state index is 0.0823. The van der Waals surface area contributed by atoms with E-state index < -0.39 is 12.0 Å². The number of anilines is 1. The highest BCUT2D eigenvalue weighted by atomic mass is 16.5. The summed E-state index contributed by atoms with van der Waals surface area (Å²) in [6.07, 6.45) is 1.40. The third kappa shape index (κ3) is 3.99. The van der Waals surface area contributed by atoms with E-state index in [2.05, 4.69) is 20.4 Å². The van der Waals surface area contributed by atoms with Gasteiger partial charge in [-0.05, 0) is 13.8 Å². The zero-order valence-corrected chi connectivity index (χ0v) is 9.07. The molecule has 2 N–H and O–H groups in total. The summed E-state index contributed by atoms with van der Waals surface area (Å²) in [6, 6.07) is -0.492. The number of amides is 2. The first-order valence-corrected chi connectivity index (χ1v) is 4.74. The number of ether oxygens (including phenoxy) is 1. The molecule has 2 amide bonds. The van der Waals surface area contributed by atoms with Gasteiger partial charge in [0.1, 0.15) is 12.8 Å². The van der Waals surface area contributed by atoms with Gasteiger partial charge in [0.15, 0.2) is 0 Å². The second-order valence-electron chi connectivity index (χ2n) is 2.91. The van der Waals surface area contributed by atoms with E-state index >= 15 is 0 Å². The zero-order chi connectivity index (χ0) is 12.0. The molecule has 0 aliphatic rings. The first-order valence-electron chi connectivity index (χ1n) is 4.74. The van der Waals surface area contributed by atoms with E-state index in [1.807, 2.05) is 0 Å². The highest BCUT2D eigenvalue weighted by Gasteiger charge is 2.08. The van der Waals surface area contributed by atoms with Crippen LogP contribution in [-0.2, 0) is 9.53 Å². The Hall–Kier alpha value is -2.05. The van der Waals surface area contributed by atoms with E-state index in [4.69, 9.17) is 4.42 Å². The molecule has 16 heavy (non-hydrogen) atoms. The van der Waals surface area contributed by atoms with Gasteiger partial charge in [0, 0.05) is 0 Å². The van der Waals surface area contributed by atoms with Crippen molar-refractivity contribution < 1.29 is 18.7 Å². The topological polar surface area (TPSA) is 93.5 Å². The van der Waals surface area contributed by atoms with Gasteiger partial charge in [0.2, 0.25) is 0 Å². The van der Waals surface area contributed by atoms with Crippen LogP contribution in [0.4, 0.5) is 10.8 Å². The highest BCUT2D eigenvalue weighted by Crippen LogP contribution is 2.04. The molecule has 0 radical (unpaired) electrons. The second kappa shape index (κ2) is 5.74. The van der Waals surface area contributed by atoms with Crippen molar-refractivity contribution >= 4 is 18.0 Å². The van der Waals surface area contributed by atoms with Gasteiger partial charge in [-0.3, -0.25) is 10.1 Å². The van der Waals surface area contributed by atoms with Crippen LogP contribution in [0.25, 0.3) is 0 Å². The van der Waals surface area contributed by atoms with Crippen LogP contribution in [0.1, 0.15) is 12.6 Å². The summed E-state index contributed by atoms with van der Waals surface area (Å²) in [4.78, 5) is 26.0. The molecule has 0 spiro atoms. The summed E-state index contributed by atoms with van der Waals surface area (Å²) in [5, 5.41) is 4.62. The number of carbonyl (C=O) groups is 2. The molecule has 1 aromatic rings. The molecule has 7 nitrogen and oxygen atoms in total. The smallest absolute Gasteiger partial charge is 0.325 e. The van der Waals surface area contributed by atoms with E-state index in [0.717, 1.165) is 0 Å². The van der Waals surface area contributed by atoms with Crippen LogP contribution in [0, 0.1) is 6.92 Å². The van der Waals surface area contributed by atoms with Crippen LogP contribution in [-0.4, -0.2) is 30.1 Å². The number of carbonyl (C=O) groups excluding carboxylic acids is 2. The highest BCUT2D eigenvalue weighted by molar-refractivity contribution is 5.89. The molecule has 0 atom stereocenters. The number of hydrogen-bond acceptors (Lipinski definition) is 5. The Balaban J connectivity index is 2.28. The standard InChI is InChI=1S/C9H13N3O4/c1-3-15-7(13)4-10-8(14)12-9-11-6(2)5-16-9/h5H,3-4H2,1-2H3,(H2,10,11,12,14). The van der Waals surface area contributed by atoms with Crippen molar-refractivity contribution in [2.45, 2.75) is 13.8 Å². The third-order valence-electron chi connectivity index (χ3n) is 1.54. The van der Waals surface area contributed by atoms with Crippen LogP contribution in [0.15, 0.2) is 10.7 Å². The molecule has 7 heteroatoms. The minimum atomic E-state index is -0.574. The Morgan fingerprint density at radius 2 is 2.31 bits per heavy atom. The Morgan fingerprint density at radius 1 is 1.56 bits per heavy atom. The molecule has 1 aromatic heterocycles. The normalized spacial score (nSPS) is 9.62. The maximum atomic E-state index is 11.2. The molecule has 88 valence electrons. The van der Waals surface area contributed by atoms with Crippen molar-refractivity contribution in [3.63, 3.8) is 0 Å². The number of aromatic nitrogens is 1. The lowest BCUT2D eigenvalue weighted by Crippen LogP contribution is -2.34. The molecule has 0 saturated heterocycles. The Morgan fingerprint density at radius 3 is 2.88 bits per heavy atom. The number of aryl methyl sites for hydroxylation is 1. The average Bonchev–Trinajstić information content (AvgIpc) is 2.61. The summed E-state index contributed by atoms with van der Waals surface area (Å²) in [5.41, 5.74) is 0.653.